The fraction of sp³-hybridized carbons (Fsp3) is 0.231. The summed E-state index contributed by atoms with van der Waals surface area (Å²) in [5, 5.41) is 11.5. The number of aryl methyl sites for hydroxylation is 1. The molecule has 0 aliphatic heterocycles. The van der Waals surface area contributed by atoms with Crippen LogP contribution in [0.3, 0.4) is 0 Å². The summed E-state index contributed by atoms with van der Waals surface area (Å²) in [7, 11) is 1.86. The van der Waals surface area contributed by atoms with Crippen LogP contribution in [0.25, 0.3) is 10.1 Å². The summed E-state index contributed by atoms with van der Waals surface area (Å²) in [5.41, 5.74) is 5.03. The van der Waals surface area contributed by atoms with Gasteiger partial charge in [-0.05, 0) is 22.4 Å². The van der Waals surface area contributed by atoms with Gasteiger partial charge in [-0.15, -0.1) is 16.4 Å². The molecule has 3 aromatic rings. The molecule has 0 saturated carbocycles. The Balaban J connectivity index is 1.93. The van der Waals surface area contributed by atoms with Crippen LogP contribution in [0.4, 0.5) is 0 Å². The van der Waals surface area contributed by atoms with Crippen LogP contribution in [0.1, 0.15) is 17.3 Å². The van der Waals surface area contributed by atoms with E-state index in [0.29, 0.717) is 0 Å². The van der Waals surface area contributed by atoms with Crippen molar-refractivity contribution >= 4 is 21.4 Å². The standard InChI is InChI=1S/C13H15N5S/c1-18-7-9(16-17-18)6-12(15-14)11-8-19-13-5-3-2-4-10(11)13/h2-5,7-8,12,15H,6,14H2,1H3. The zero-order valence-electron chi connectivity index (χ0n) is 10.6. The molecule has 0 aliphatic rings. The van der Waals surface area contributed by atoms with Gasteiger partial charge in [-0.2, -0.15) is 0 Å². The summed E-state index contributed by atoms with van der Waals surface area (Å²) >= 11 is 1.74. The van der Waals surface area contributed by atoms with Gasteiger partial charge in [0, 0.05) is 24.4 Å². The molecule has 2 heterocycles. The normalized spacial score (nSPS) is 12.9. The third kappa shape index (κ3) is 2.37. The topological polar surface area (TPSA) is 68.8 Å². The number of thiophene rings is 1. The van der Waals surface area contributed by atoms with E-state index < -0.39 is 0 Å². The van der Waals surface area contributed by atoms with E-state index in [1.165, 1.54) is 15.6 Å². The van der Waals surface area contributed by atoms with E-state index in [0.717, 1.165) is 12.1 Å². The Kier molecular flexibility index (Phi) is 3.29. The lowest BCUT2D eigenvalue weighted by Gasteiger charge is -2.13. The summed E-state index contributed by atoms with van der Waals surface area (Å²) in [6.45, 7) is 0. The molecular weight excluding hydrogens is 258 g/mol. The fourth-order valence-corrected chi connectivity index (χ4v) is 3.24. The molecule has 0 saturated heterocycles. The first kappa shape index (κ1) is 12.3. The molecule has 0 radical (unpaired) electrons. The number of nitrogens with one attached hydrogen (secondary N) is 1. The van der Waals surface area contributed by atoms with Crippen LogP contribution in [0.5, 0.6) is 0 Å². The minimum atomic E-state index is 0.0489. The number of hydrazine groups is 1. The number of benzene rings is 1. The minimum absolute atomic E-state index is 0.0489. The van der Waals surface area contributed by atoms with Crippen LogP contribution in [-0.4, -0.2) is 15.0 Å². The van der Waals surface area contributed by atoms with Crippen molar-refractivity contribution in [1.82, 2.24) is 20.4 Å². The van der Waals surface area contributed by atoms with Gasteiger partial charge in [-0.1, -0.05) is 23.4 Å². The first-order chi connectivity index (χ1) is 9.28. The lowest BCUT2D eigenvalue weighted by Crippen LogP contribution is -2.29. The molecule has 0 fully saturated rings. The average Bonchev–Trinajstić information content (AvgIpc) is 3.02. The highest BCUT2D eigenvalue weighted by molar-refractivity contribution is 7.17. The smallest absolute Gasteiger partial charge is 0.0846 e. The van der Waals surface area contributed by atoms with Crippen LogP contribution < -0.4 is 11.3 Å². The monoisotopic (exact) mass is 273 g/mol. The van der Waals surface area contributed by atoms with Crippen molar-refractivity contribution in [3.05, 3.63) is 47.1 Å². The summed E-state index contributed by atoms with van der Waals surface area (Å²) in [5.74, 6) is 5.71. The summed E-state index contributed by atoms with van der Waals surface area (Å²) < 4.78 is 2.98. The van der Waals surface area contributed by atoms with Crippen LogP contribution in [-0.2, 0) is 13.5 Å². The summed E-state index contributed by atoms with van der Waals surface area (Å²) in [6, 6.07) is 8.40. The second kappa shape index (κ2) is 5.08. The molecule has 2 aromatic heterocycles. The van der Waals surface area contributed by atoms with Crippen molar-refractivity contribution in [2.45, 2.75) is 12.5 Å². The van der Waals surface area contributed by atoms with Crippen LogP contribution >= 0.6 is 11.3 Å². The number of hydrogen-bond donors (Lipinski definition) is 2. The molecule has 1 aromatic carbocycles. The quantitative estimate of drug-likeness (QED) is 0.561. The Morgan fingerprint density at radius 3 is 3.00 bits per heavy atom. The molecule has 0 amide bonds. The molecule has 0 bridgehead atoms. The lowest BCUT2D eigenvalue weighted by molar-refractivity contribution is 0.550. The van der Waals surface area contributed by atoms with Gasteiger partial charge in [0.15, 0.2) is 0 Å². The van der Waals surface area contributed by atoms with Crippen molar-refractivity contribution in [2.75, 3.05) is 0 Å². The van der Waals surface area contributed by atoms with Gasteiger partial charge >= 0.3 is 0 Å². The van der Waals surface area contributed by atoms with Gasteiger partial charge in [0.2, 0.25) is 0 Å². The number of nitrogens with zero attached hydrogens (tertiary/aromatic N) is 3. The largest absolute Gasteiger partial charge is 0.271 e. The third-order valence-corrected chi connectivity index (χ3v) is 4.13. The molecule has 0 spiro atoms. The number of aromatic nitrogens is 3. The van der Waals surface area contributed by atoms with E-state index >= 15 is 0 Å². The number of hydrogen-bond acceptors (Lipinski definition) is 5. The fourth-order valence-electron chi connectivity index (χ4n) is 2.22. The highest BCUT2D eigenvalue weighted by atomic mass is 32.1. The molecule has 19 heavy (non-hydrogen) atoms. The van der Waals surface area contributed by atoms with E-state index in [1.54, 1.807) is 16.0 Å². The maximum atomic E-state index is 5.71. The van der Waals surface area contributed by atoms with Gasteiger partial charge in [0.05, 0.1) is 11.7 Å². The van der Waals surface area contributed by atoms with Gasteiger partial charge in [0.25, 0.3) is 0 Å². The van der Waals surface area contributed by atoms with Crippen molar-refractivity contribution in [1.29, 1.82) is 0 Å². The second-order valence-corrected chi connectivity index (χ2v) is 5.41. The molecule has 3 rings (SSSR count). The highest BCUT2D eigenvalue weighted by Crippen LogP contribution is 2.31. The first-order valence-corrected chi connectivity index (χ1v) is 6.93. The van der Waals surface area contributed by atoms with Crippen molar-refractivity contribution in [3.8, 4) is 0 Å². The van der Waals surface area contributed by atoms with Crippen LogP contribution in [0, 0.1) is 0 Å². The highest BCUT2D eigenvalue weighted by Gasteiger charge is 2.16. The molecular formula is C13H15N5S. The average molecular weight is 273 g/mol. The number of rotatable bonds is 4. The van der Waals surface area contributed by atoms with Crippen molar-refractivity contribution < 1.29 is 0 Å². The molecule has 1 atom stereocenters. The SMILES string of the molecule is Cn1cc(CC(NN)c2csc3ccccc23)nn1. The Bertz CT molecular complexity index is 687. The minimum Gasteiger partial charge on any atom is -0.271 e. The Morgan fingerprint density at radius 2 is 2.26 bits per heavy atom. The maximum absolute atomic E-state index is 5.71. The third-order valence-electron chi connectivity index (χ3n) is 3.15. The molecule has 5 nitrogen and oxygen atoms in total. The van der Waals surface area contributed by atoms with Gasteiger partial charge < -0.3 is 0 Å². The second-order valence-electron chi connectivity index (χ2n) is 4.49. The van der Waals surface area contributed by atoms with E-state index in [-0.39, 0.29) is 6.04 Å². The molecule has 98 valence electrons. The van der Waals surface area contributed by atoms with Crippen LogP contribution in [0.15, 0.2) is 35.8 Å². The van der Waals surface area contributed by atoms with Crippen LogP contribution in [0.2, 0.25) is 0 Å². The Labute approximate surface area is 115 Å². The first-order valence-electron chi connectivity index (χ1n) is 6.05. The molecule has 3 N–H and O–H groups in total. The van der Waals surface area contributed by atoms with E-state index in [4.69, 9.17) is 5.84 Å². The van der Waals surface area contributed by atoms with Gasteiger partial charge in [-0.25, -0.2) is 0 Å². The van der Waals surface area contributed by atoms with Gasteiger partial charge in [-0.3, -0.25) is 16.0 Å². The lowest BCUT2D eigenvalue weighted by atomic mass is 10.0. The Hall–Kier alpha value is -1.76. The summed E-state index contributed by atoms with van der Waals surface area (Å²) in [4.78, 5) is 0. The predicted molar refractivity (Wildman–Crippen MR) is 76.6 cm³/mol. The molecule has 6 heteroatoms. The maximum Gasteiger partial charge on any atom is 0.0846 e. The van der Waals surface area contributed by atoms with Crippen molar-refractivity contribution in [2.24, 2.45) is 12.9 Å². The zero-order chi connectivity index (χ0) is 13.2. The Morgan fingerprint density at radius 1 is 1.42 bits per heavy atom. The molecule has 0 aliphatic carbocycles. The van der Waals surface area contributed by atoms with E-state index in [1.807, 2.05) is 13.2 Å². The number of fused-ring (bicyclic) bond motifs is 1. The van der Waals surface area contributed by atoms with E-state index in [2.05, 4.69) is 45.4 Å². The zero-order valence-corrected chi connectivity index (χ0v) is 11.4. The number of nitrogens with two attached hydrogens (primary N) is 1. The van der Waals surface area contributed by atoms with Gasteiger partial charge in [0.1, 0.15) is 0 Å². The predicted octanol–water partition coefficient (Wildman–Crippen LogP) is 1.78. The van der Waals surface area contributed by atoms with Crippen molar-refractivity contribution in [3.63, 3.8) is 0 Å². The molecule has 1 unspecified atom stereocenters. The summed E-state index contributed by atoms with van der Waals surface area (Å²) in [6.07, 6.45) is 2.64. The van der Waals surface area contributed by atoms with E-state index in [9.17, 15) is 0 Å².